The monoisotopic (exact) mass is 550 g/mol. The molecule has 0 radical (unpaired) electrons. The Bertz CT molecular complexity index is 1170. The topological polar surface area (TPSA) is 115 Å². The zero-order valence-corrected chi connectivity index (χ0v) is 19.9. The Morgan fingerprint density at radius 1 is 1.18 bits per heavy atom. The van der Waals surface area contributed by atoms with E-state index in [0.29, 0.717) is 0 Å². The number of aliphatic hydroxyl groups excluding tert-OH is 1. The Morgan fingerprint density at radius 3 is 2.47 bits per heavy atom. The van der Waals surface area contributed by atoms with Gasteiger partial charge < -0.3 is 30.0 Å². The summed E-state index contributed by atoms with van der Waals surface area (Å²) in [7, 11) is 0. The van der Waals surface area contributed by atoms with Gasteiger partial charge in [-0.05, 0) is 6.92 Å². The van der Waals surface area contributed by atoms with Crippen molar-refractivity contribution in [1.82, 2.24) is 15.3 Å². The maximum absolute atomic E-state index is 14.6. The summed E-state index contributed by atoms with van der Waals surface area (Å²) >= 11 is 0. The number of carbonyl (C=O) groups is 1. The first-order valence-corrected chi connectivity index (χ1v) is 11.5. The summed E-state index contributed by atoms with van der Waals surface area (Å²) in [5.74, 6) is -2.50. The molecule has 3 heterocycles. The molecule has 38 heavy (non-hydrogen) atoms. The van der Waals surface area contributed by atoms with E-state index in [9.17, 15) is 36.2 Å². The van der Waals surface area contributed by atoms with Crippen molar-refractivity contribution < 1.29 is 50.5 Å². The van der Waals surface area contributed by atoms with Crippen molar-refractivity contribution in [1.29, 1.82) is 0 Å². The van der Waals surface area contributed by atoms with Gasteiger partial charge in [0.25, 0.3) is 6.43 Å². The lowest BCUT2D eigenvalue weighted by molar-refractivity contribution is -0.197. The summed E-state index contributed by atoms with van der Waals surface area (Å²) in [4.78, 5) is 21.1. The number of aromatic nitrogens is 2. The standard InChI is InChI=1S/C23H24F6N4O5/c1-11-30-14(9-15(34)33-22(23(27,28)29)5-6-36-10-22)16(21-37-7-8-38-21)19(31-11)32-20(35)13-4-2-3-12(17(13)24)18(25)26/h2-4,18,20-21,35H,5-10H2,1H3,(H,33,34)(H,30,31,32)/t20?,22-/m0/s1. The number of amides is 1. The van der Waals surface area contributed by atoms with Crippen LogP contribution in [0.3, 0.4) is 0 Å². The predicted octanol–water partition coefficient (Wildman–Crippen LogP) is 3.39. The van der Waals surface area contributed by atoms with Gasteiger partial charge in [-0.25, -0.2) is 23.1 Å². The molecule has 0 aliphatic carbocycles. The Balaban J connectivity index is 1.66. The van der Waals surface area contributed by atoms with Crippen LogP contribution >= 0.6 is 0 Å². The Kier molecular flexibility index (Phi) is 8.11. The fourth-order valence-electron chi connectivity index (χ4n) is 4.23. The van der Waals surface area contributed by atoms with E-state index in [1.165, 1.54) is 6.92 Å². The summed E-state index contributed by atoms with van der Waals surface area (Å²) in [6.07, 6.45) is -12.1. The molecular formula is C23H24F6N4O5. The molecule has 0 spiro atoms. The minimum absolute atomic E-state index is 0.0172. The Hall–Kier alpha value is -3.01. The molecule has 3 N–H and O–H groups in total. The van der Waals surface area contributed by atoms with E-state index >= 15 is 0 Å². The van der Waals surface area contributed by atoms with Crippen LogP contribution in [0.25, 0.3) is 0 Å². The number of ether oxygens (including phenoxy) is 3. The summed E-state index contributed by atoms with van der Waals surface area (Å²) in [5, 5.41) is 15.2. The number of nitrogens with zero attached hydrogens (tertiary/aromatic N) is 2. The number of halogens is 6. The minimum Gasteiger partial charge on any atom is -0.379 e. The van der Waals surface area contributed by atoms with Crippen LogP contribution in [0.1, 0.15) is 53.6 Å². The number of rotatable bonds is 8. The molecule has 2 aliphatic rings. The Morgan fingerprint density at radius 2 is 1.87 bits per heavy atom. The van der Waals surface area contributed by atoms with Crippen LogP contribution in [0.15, 0.2) is 18.2 Å². The summed E-state index contributed by atoms with van der Waals surface area (Å²) in [5.41, 5.74) is -4.08. The second-order valence-corrected chi connectivity index (χ2v) is 8.76. The molecule has 1 aromatic heterocycles. The molecule has 4 rings (SSSR count). The number of aliphatic hydroxyl groups is 1. The number of hydrogen-bond acceptors (Lipinski definition) is 8. The average Bonchev–Trinajstić information content (AvgIpc) is 3.51. The molecule has 1 amide bonds. The fraction of sp³-hybridized carbons (Fsp3) is 0.522. The Labute approximate surface area is 212 Å². The first kappa shape index (κ1) is 28.0. The zero-order valence-electron chi connectivity index (χ0n) is 19.9. The highest BCUT2D eigenvalue weighted by Crippen LogP contribution is 2.38. The third-order valence-electron chi connectivity index (χ3n) is 6.13. The van der Waals surface area contributed by atoms with Crippen molar-refractivity contribution in [2.24, 2.45) is 0 Å². The molecule has 1 aromatic carbocycles. The first-order valence-electron chi connectivity index (χ1n) is 11.5. The number of hydrogen-bond donors (Lipinski definition) is 3. The predicted molar refractivity (Wildman–Crippen MR) is 117 cm³/mol. The number of aryl methyl sites for hydroxylation is 1. The molecule has 15 heteroatoms. The van der Waals surface area contributed by atoms with Crippen LogP contribution in [0.2, 0.25) is 0 Å². The number of alkyl halides is 5. The second-order valence-electron chi connectivity index (χ2n) is 8.76. The number of carbonyl (C=O) groups excluding carboxylic acids is 1. The van der Waals surface area contributed by atoms with Crippen molar-refractivity contribution >= 4 is 11.7 Å². The summed E-state index contributed by atoms with van der Waals surface area (Å²) in [6.45, 7) is 0.752. The van der Waals surface area contributed by atoms with Gasteiger partial charge >= 0.3 is 6.18 Å². The lowest BCUT2D eigenvalue weighted by Crippen LogP contribution is -2.59. The van der Waals surface area contributed by atoms with E-state index < -0.39 is 73.0 Å². The second kappa shape index (κ2) is 11.0. The van der Waals surface area contributed by atoms with Gasteiger partial charge in [-0.1, -0.05) is 18.2 Å². The van der Waals surface area contributed by atoms with E-state index in [4.69, 9.17) is 14.2 Å². The molecule has 2 aromatic rings. The van der Waals surface area contributed by atoms with Gasteiger partial charge in [0.1, 0.15) is 17.5 Å². The van der Waals surface area contributed by atoms with Crippen LogP contribution in [0.4, 0.5) is 32.2 Å². The molecule has 1 unspecified atom stereocenters. The van der Waals surface area contributed by atoms with Crippen LogP contribution in [0, 0.1) is 12.7 Å². The van der Waals surface area contributed by atoms with Crippen molar-refractivity contribution in [2.45, 2.75) is 50.4 Å². The largest absolute Gasteiger partial charge is 0.413 e. The zero-order chi connectivity index (χ0) is 27.7. The van der Waals surface area contributed by atoms with E-state index in [-0.39, 0.29) is 42.7 Å². The highest BCUT2D eigenvalue weighted by atomic mass is 19.4. The lowest BCUT2D eigenvalue weighted by Gasteiger charge is -2.31. The van der Waals surface area contributed by atoms with Gasteiger partial charge in [0.2, 0.25) is 5.91 Å². The molecule has 0 saturated carbocycles. The average molecular weight is 550 g/mol. The molecular weight excluding hydrogens is 526 g/mol. The van der Waals surface area contributed by atoms with Gasteiger partial charge in [-0.15, -0.1) is 0 Å². The maximum Gasteiger partial charge on any atom is 0.413 e. The van der Waals surface area contributed by atoms with Gasteiger partial charge in [-0.3, -0.25) is 4.79 Å². The molecule has 2 atom stereocenters. The van der Waals surface area contributed by atoms with Crippen LogP contribution in [-0.2, 0) is 25.4 Å². The van der Waals surface area contributed by atoms with E-state index in [2.05, 4.69) is 15.3 Å². The van der Waals surface area contributed by atoms with Crippen molar-refractivity contribution in [3.05, 3.63) is 52.2 Å². The number of anilines is 1. The van der Waals surface area contributed by atoms with Crippen molar-refractivity contribution in [3.8, 4) is 0 Å². The molecule has 208 valence electrons. The van der Waals surface area contributed by atoms with Crippen LogP contribution in [-0.4, -0.2) is 59.1 Å². The van der Waals surface area contributed by atoms with Gasteiger partial charge in [0, 0.05) is 18.6 Å². The van der Waals surface area contributed by atoms with Crippen molar-refractivity contribution in [2.75, 3.05) is 31.7 Å². The highest BCUT2D eigenvalue weighted by Gasteiger charge is 2.58. The van der Waals surface area contributed by atoms with Gasteiger partial charge in [0.05, 0.1) is 43.1 Å². The number of nitrogens with one attached hydrogen (secondary N) is 2. The van der Waals surface area contributed by atoms with Crippen LogP contribution in [0.5, 0.6) is 0 Å². The molecule has 2 fully saturated rings. The lowest BCUT2D eigenvalue weighted by atomic mass is 9.97. The van der Waals surface area contributed by atoms with E-state index in [0.717, 1.165) is 18.2 Å². The normalized spacial score (nSPS) is 21.2. The van der Waals surface area contributed by atoms with Crippen molar-refractivity contribution in [3.63, 3.8) is 0 Å². The van der Waals surface area contributed by atoms with Crippen LogP contribution < -0.4 is 10.6 Å². The van der Waals surface area contributed by atoms with Gasteiger partial charge in [0.15, 0.2) is 18.1 Å². The maximum atomic E-state index is 14.6. The minimum atomic E-state index is -4.77. The molecule has 0 bridgehead atoms. The number of benzene rings is 1. The smallest absolute Gasteiger partial charge is 0.379 e. The van der Waals surface area contributed by atoms with E-state index in [1.807, 2.05) is 5.32 Å². The van der Waals surface area contributed by atoms with Gasteiger partial charge in [-0.2, -0.15) is 13.2 Å². The third kappa shape index (κ3) is 5.70. The first-order chi connectivity index (χ1) is 17.9. The van der Waals surface area contributed by atoms with E-state index in [1.54, 1.807) is 0 Å². The third-order valence-corrected chi connectivity index (χ3v) is 6.13. The molecule has 2 aliphatic heterocycles. The highest BCUT2D eigenvalue weighted by molar-refractivity contribution is 5.80. The SMILES string of the molecule is Cc1nc(CC(=O)N[C@@]2(C(F)(F)F)CCOC2)c(C2OCCO2)c(NC(O)c2cccc(C(F)F)c2F)n1. The molecule has 9 nitrogen and oxygen atoms in total. The molecule has 2 saturated heterocycles. The summed E-state index contributed by atoms with van der Waals surface area (Å²) in [6, 6.07) is 3.10. The summed E-state index contributed by atoms with van der Waals surface area (Å²) < 4.78 is 97.8. The fourth-order valence-corrected chi connectivity index (χ4v) is 4.23. The quantitative estimate of drug-likeness (QED) is 0.339.